The smallest absolute Gasteiger partial charge is 0.320 e. The Morgan fingerprint density at radius 2 is 1.57 bits per heavy atom. The molecule has 0 atom stereocenters. The van der Waals surface area contributed by atoms with E-state index in [1.54, 1.807) is 14.1 Å². The lowest BCUT2D eigenvalue weighted by molar-refractivity contribution is -0.152. The summed E-state index contributed by atoms with van der Waals surface area (Å²) in [4.78, 5) is 26.8. The third-order valence-electron chi connectivity index (χ3n) is 4.99. The maximum Gasteiger partial charge on any atom is 0.320 e. The van der Waals surface area contributed by atoms with Crippen LogP contribution in [0.2, 0.25) is 0 Å². The second-order valence-electron chi connectivity index (χ2n) is 6.81. The van der Waals surface area contributed by atoms with E-state index in [1.165, 1.54) is 43.7 Å². The van der Waals surface area contributed by atoms with Crippen LogP contribution < -0.4 is 0 Å². The van der Waals surface area contributed by atoms with Crippen LogP contribution in [0.25, 0.3) is 0 Å². The van der Waals surface area contributed by atoms with E-state index in [0.29, 0.717) is 6.54 Å². The number of rotatable bonds is 5. The van der Waals surface area contributed by atoms with E-state index in [1.807, 2.05) is 0 Å². The van der Waals surface area contributed by atoms with Crippen LogP contribution in [-0.4, -0.2) is 78.2 Å². The maximum absolute atomic E-state index is 11.8. The number of ether oxygens (including phenoxy) is 1. The van der Waals surface area contributed by atoms with Gasteiger partial charge in [-0.1, -0.05) is 0 Å². The minimum Gasteiger partial charge on any atom is -0.455 e. The number of likely N-dealkylation sites (tertiary alicyclic amines) is 1. The number of piperidine rings is 2. The van der Waals surface area contributed by atoms with E-state index in [2.05, 4.69) is 30.9 Å². The molecule has 1 amide bonds. The van der Waals surface area contributed by atoms with Crippen molar-refractivity contribution in [3.63, 3.8) is 0 Å². The molecule has 0 aromatic heterocycles. The molecule has 2 aliphatic rings. The SMILES string of the molecule is CN(C)C(=O)COC(=O)CN1CCC(C2CCN(I)CC2)CC1. The second kappa shape index (κ2) is 9.17. The number of carbonyl (C=O) groups is 2. The van der Waals surface area contributed by atoms with Gasteiger partial charge in [0, 0.05) is 50.0 Å². The highest BCUT2D eigenvalue weighted by Crippen LogP contribution is 2.33. The molecule has 2 fully saturated rings. The van der Waals surface area contributed by atoms with Crippen LogP contribution in [0, 0.1) is 11.8 Å². The van der Waals surface area contributed by atoms with Gasteiger partial charge in [-0.05, 0) is 50.6 Å². The summed E-state index contributed by atoms with van der Waals surface area (Å²) in [7, 11) is 3.31. The van der Waals surface area contributed by atoms with Crippen molar-refractivity contribution in [2.24, 2.45) is 11.8 Å². The van der Waals surface area contributed by atoms with Gasteiger partial charge < -0.3 is 9.64 Å². The average molecular weight is 437 g/mol. The quantitative estimate of drug-likeness (QED) is 0.370. The zero-order valence-corrected chi connectivity index (χ0v) is 16.3. The number of nitrogens with zero attached hydrogens (tertiary/aromatic N) is 3. The van der Waals surface area contributed by atoms with Crippen molar-refractivity contribution in [1.82, 2.24) is 12.9 Å². The van der Waals surface area contributed by atoms with Gasteiger partial charge in [-0.2, -0.15) is 0 Å². The third kappa shape index (κ3) is 6.19. The summed E-state index contributed by atoms with van der Waals surface area (Å²) in [5, 5.41) is 0. The first-order valence-electron chi connectivity index (χ1n) is 8.44. The minimum atomic E-state index is -0.295. The largest absolute Gasteiger partial charge is 0.455 e. The molecule has 0 aliphatic carbocycles. The van der Waals surface area contributed by atoms with Gasteiger partial charge in [-0.3, -0.25) is 14.5 Å². The van der Waals surface area contributed by atoms with Crippen LogP contribution in [0.4, 0.5) is 0 Å². The first kappa shape index (κ1) is 18.9. The molecule has 0 unspecified atom stereocenters. The molecule has 2 aliphatic heterocycles. The zero-order chi connectivity index (χ0) is 16.8. The molecule has 132 valence electrons. The minimum absolute atomic E-state index is 0.156. The van der Waals surface area contributed by atoms with E-state index in [9.17, 15) is 9.59 Å². The summed E-state index contributed by atoms with van der Waals surface area (Å²) in [6.45, 7) is 4.49. The Hall–Kier alpha value is -0.410. The van der Waals surface area contributed by atoms with Crippen LogP contribution in [-0.2, 0) is 14.3 Å². The van der Waals surface area contributed by atoms with E-state index in [-0.39, 0.29) is 18.5 Å². The van der Waals surface area contributed by atoms with Gasteiger partial charge in [0.1, 0.15) is 0 Å². The first-order valence-corrected chi connectivity index (χ1v) is 9.41. The molecule has 0 radical (unpaired) electrons. The number of carbonyl (C=O) groups excluding carboxylic acids is 2. The Bertz CT molecular complexity index is 403. The number of hydrogen-bond acceptors (Lipinski definition) is 5. The summed E-state index contributed by atoms with van der Waals surface area (Å²) >= 11 is 2.42. The molecule has 23 heavy (non-hydrogen) atoms. The van der Waals surface area contributed by atoms with Gasteiger partial charge >= 0.3 is 5.97 Å². The molecule has 0 bridgehead atoms. The fraction of sp³-hybridized carbons (Fsp3) is 0.875. The Morgan fingerprint density at radius 1 is 1.04 bits per heavy atom. The van der Waals surface area contributed by atoms with Crippen molar-refractivity contribution < 1.29 is 14.3 Å². The van der Waals surface area contributed by atoms with Gasteiger partial charge in [0.05, 0.1) is 6.54 Å². The Labute approximate surface area is 153 Å². The monoisotopic (exact) mass is 437 g/mol. The highest BCUT2D eigenvalue weighted by molar-refractivity contribution is 14.1. The lowest BCUT2D eigenvalue weighted by Crippen LogP contribution is -2.41. The Kier molecular flexibility index (Phi) is 7.55. The van der Waals surface area contributed by atoms with Crippen LogP contribution >= 0.6 is 22.9 Å². The van der Waals surface area contributed by atoms with E-state index >= 15 is 0 Å². The highest BCUT2D eigenvalue weighted by Gasteiger charge is 2.29. The third-order valence-corrected chi connectivity index (χ3v) is 5.96. The van der Waals surface area contributed by atoms with Gasteiger partial charge in [0.15, 0.2) is 6.61 Å². The van der Waals surface area contributed by atoms with Crippen molar-refractivity contribution in [3.05, 3.63) is 0 Å². The van der Waals surface area contributed by atoms with E-state index in [0.717, 1.165) is 24.9 Å². The molecule has 0 saturated carbocycles. The molecule has 0 aromatic carbocycles. The molecule has 6 nitrogen and oxygen atoms in total. The number of likely N-dealkylation sites (N-methyl/N-ethyl adjacent to an activating group) is 1. The standard InChI is InChI=1S/C16H28IN3O3/c1-18(2)15(21)12-23-16(22)11-19-7-3-13(4-8-19)14-5-9-20(17)10-6-14/h13-14H,3-12H2,1-2H3. The van der Waals surface area contributed by atoms with Crippen LogP contribution in [0.3, 0.4) is 0 Å². The molecular weight excluding hydrogens is 409 g/mol. The number of hydrogen-bond donors (Lipinski definition) is 0. The van der Waals surface area contributed by atoms with Gasteiger partial charge in [0.2, 0.25) is 0 Å². The Balaban J connectivity index is 1.64. The predicted molar refractivity (Wildman–Crippen MR) is 97.1 cm³/mol. The summed E-state index contributed by atoms with van der Waals surface area (Å²) < 4.78 is 7.43. The van der Waals surface area contributed by atoms with Crippen LogP contribution in [0.1, 0.15) is 25.7 Å². The summed E-state index contributed by atoms with van der Waals surface area (Å²) in [5.41, 5.74) is 0. The van der Waals surface area contributed by atoms with E-state index < -0.39 is 0 Å². The van der Waals surface area contributed by atoms with Crippen molar-refractivity contribution in [2.75, 3.05) is 53.4 Å². The summed E-state index contributed by atoms with van der Waals surface area (Å²) in [5.74, 6) is 1.19. The fourth-order valence-corrected chi connectivity index (χ4v) is 3.98. The Morgan fingerprint density at radius 3 is 2.09 bits per heavy atom. The van der Waals surface area contributed by atoms with Crippen molar-refractivity contribution >= 4 is 34.7 Å². The fourth-order valence-electron chi connectivity index (χ4n) is 3.42. The van der Waals surface area contributed by atoms with Crippen LogP contribution in [0.5, 0.6) is 0 Å². The molecule has 2 heterocycles. The molecule has 0 aromatic rings. The van der Waals surface area contributed by atoms with Crippen molar-refractivity contribution in [2.45, 2.75) is 25.7 Å². The average Bonchev–Trinajstić information content (AvgIpc) is 2.54. The molecule has 0 spiro atoms. The van der Waals surface area contributed by atoms with Crippen LogP contribution in [0.15, 0.2) is 0 Å². The number of esters is 1. The van der Waals surface area contributed by atoms with Crippen molar-refractivity contribution in [3.8, 4) is 0 Å². The normalized spacial score (nSPS) is 22.0. The summed E-state index contributed by atoms with van der Waals surface area (Å²) in [6.07, 6.45) is 4.97. The number of halogens is 1. The second-order valence-corrected chi connectivity index (χ2v) is 8.17. The lowest BCUT2D eigenvalue weighted by atomic mass is 9.79. The topological polar surface area (TPSA) is 53.1 Å². The predicted octanol–water partition coefficient (Wildman–Crippen LogP) is 1.39. The van der Waals surface area contributed by atoms with Crippen molar-refractivity contribution in [1.29, 1.82) is 0 Å². The van der Waals surface area contributed by atoms with Gasteiger partial charge in [-0.25, -0.2) is 3.11 Å². The maximum atomic E-state index is 11.8. The lowest BCUT2D eigenvalue weighted by Gasteiger charge is -2.38. The molecule has 0 N–H and O–H groups in total. The summed E-state index contributed by atoms with van der Waals surface area (Å²) in [6, 6.07) is 0. The van der Waals surface area contributed by atoms with E-state index in [4.69, 9.17) is 4.74 Å². The number of amides is 1. The van der Waals surface area contributed by atoms with Gasteiger partial charge in [-0.15, -0.1) is 0 Å². The zero-order valence-electron chi connectivity index (χ0n) is 14.2. The molecule has 2 rings (SSSR count). The molecular formula is C16H28IN3O3. The van der Waals surface area contributed by atoms with Gasteiger partial charge in [0.25, 0.3) is 5.91 Å². The molecule has 7 heteroatoms. The highest BCUT2D eigenvalue weighted by atomic mass is 127. The first-order chi connectivity index (χ1) is 11.0. The molecule has 2 saturated heterocycles.